The quantitative estimate of drug-likeness (QED) is 0.0373. The summed E-state index contributed by atoms with van der Waals surface area (Å²) in [6.45, 7) is 7.25. The number of aliphatic hydroxyl groups is 1. The van der Waals surface area contributed by atoms with Crippen molar-refractivity contribution in [3.05, 3.63) is 190 Å². The summed E-state index contributed by atoms with van der Waals surface area (Å²) in [5.41, 5.74) is 16.1. The lowest BCUT2D eigenvalue weighted by Gasteiger charge is -2.19. The fraction of sp³-hybridized carbons (Fsp3) is 0.241. The van der Waals surface area contributed by atoms with Crippen LogP contribution < -0.4 is 32.7 Å². The van der Waals surface area contributed by atoms with E-state index in [9.17, 15) is 37.1 Å². The first kappa shape index (κ1) is 59.7. The van der Waals surface area contributed by atoms with Crippen LogP contribution in [0.1, 0.15) is 75.1 Å². The molecular formula is C54H60F4N14O6. The van der Waals surface area contributed by atoms with Crippen molar-refractivity contribution >= 4 is 29.6 Å². The number of nitrogens with one attached hydrogen (secondary N) is 6. The number of nitrogens with zero attached hydrogens (tertiary/aromatic N) is 6. The molecule has 24 heteroatoms. The van der Waals surface area contributed by atoms with Gasteiger partial charge in [0.1, 0.15) is 45.8 Å². The molecule has 0 saturated heterocycles. The van der Waals surface area contributed by atoms with Gasteiger partial charge in [0, 0.05) is 75.7 Å². The van der Waals surface area contributed by atoms with Crippen LogP contribution in [-0.2, 0) is 43.8 Å². The van der Waals surface area contributed by atoms with E-state index in [1.165, 1.54) is 49.1 Å². The fourth-order valence-electron chi connectivity index (χ4n) is 7.16. The van der Waals surface area contributed by atoms with E-state index in [4.69, 9.17) is 21.3 Å². The van der Waals surface area contributed by atoms with Gasteiger partial charge in [-0.3, -0.25) is 25.0 Å². The number of benzene rings is 2. The number of carboxylic acid groups (broad SMARTS) is 1. The van der Waals surface area contributed by atoms with Gasteiger partial charge in [-0.2, -0.15) is 10.2 Å². The molecule has 0 unspecified atom stereocenters. The normalized spacial score (nSPS) is 10.6. The Bertz CT molecular complexity index is 3200. The fourth-order valence-corrected chi connectivity index (χ4v) is 7.16. The Labute approximate surface area is 446 Å². The SMILES string of the molecule is CC(C)(C)OC(=O)NCc1ncccc1CN.CO.NCc1ncccc1CNC(=O)c1cc(F)c(-c2cn[nH]c2)nc1NCCc1cccc(F)c1.O=C(O)c1cc(F)c(-c2cn[nH]c2)nc1NCCc1cccc(F)c1. The molecule has 0 aliphatic carbocycles. The summed E-state index contributed by atoms with van der Waals surface area (Å²) in [5, 5.41) is 40.4. The van der Waals surface area contributed by atoms with E-state index >= 15 is 0 Å². The molecule has 0 fully saturated rings. The number of alkyl carbamates (subject to hydrolysis) is 1. The van der Waals surface area contributed by atoms with Gasteiger partial charge in [-0.1, -0.05) is 36.4 Å². The van der Waals surface area contributed by atoms with Crippen LogP contribution in [0.4, 0.5) is 34.0 Å². The molecular weight excluding hydrogens is 1020 g/mol. The molecule has 410 valence electrons. The van der Waals surface area contributed by atoms with E-state index in [1.54, 1.807) is 42.7 Å². The average Bonchev–Trinajstić information content (AvgIpc) is 4.21. The first-order valence-corrected chi connectivity index (χ1v) is 24.1. The van der Waals surface area contributed by atoms with Crippen molar-refractivity contribution in [3.8, 4) is 22.5 Å². The summed E-state index contributed by atoms with van der Waals surface area (Å²) < 4.78 is 60.8. The van der Waals surface area contributed by atoms with Crippen LogP contribution in [0.3, 0.4) is 0 Å². The topological polar surface area (TPSA) is 310 Å². The van der Waals surface area contributed by atoms with Crippen molar-refractivity contribution in [3.63, 3.8) is 0 Å². The predicted octanol–water partition coefficient (Wildman–Crippen LogP) is 7.46. The number of hydrogen-bond acceptors (Lipinski definition) is 15. The standard InChI is InChI=1S/C24H23F2N7O.C17H14F2N4O2.C12H19N3O2.CH4O/c25-18-5-1-3-15(9-18)6-8-29-23-19(10-20(26)22(33-23)17-13-31-32-14-17)24(34)30-12-16-4-2-7-28-21(16)11-27;18-12-3-1-2-10(6-12)4-5-20-16-13(17(24)25)7-14(19)15(23-16)11-8-21-22-9-11;1-12(2,3)17-11(16)15-8-10-9(7-13)5-4-6-14-10;1-2/h1-5,7,9-10,13-14H,6,8,11-12,27H2,(H,29,33)(H,30,34)(H,31,32);1-3,6-9H,4-5H2,(H,20,23)(H,21,22)(H,24,25);4-6H,7-8,13H2,1-3H3,(H,15,16);2H,1H3. The van der Waals surface area contributed by atoms with Gasteiger partial charge in [-0.25, -0.2) is 37.1 Å². The zero-order valence-corrected chi connectivity index (χ0v) is 43.1. The van der Waals surface area contributed by atoms with Gasteiger partial charge < -0.3 is 47.7 Å². The molecule has 20 nitrogen and oxygen atoms in total. The van der Waals surface area contributed by atoms with Crippen molar-refractivity contribution in [2.45, 2.75) is 65.4 Å². The maximum Gasteiger partial charge on any atom is 0.407 e. The molecule has 2 amide bonds. The number of anilines is 2. The molecule has 0 bridgehead atoms. The minimum atomic E-state index is -1.29. The number of carboxylic acids is 1. The highest BCUT2D eigenvalue weighted by Gasteiger charge is 2.21. The van der Waals surface area contributed by atoms with Crippen LogP contribution in [-0.4, -0.2) is 94.3 Å². The molecule has 6 heterocycles. The van der Waals surface area contributed by atoms with Crippen LogP contribution in [0.5, 0.6) is 0 Å². The van der Waals surface area contributed by atoms with E-state index < -0.39 is 35.2 Å². The second kappa shape index (κ2) is 29.8. The maximum absolute atomic E-state index is 14.9. The number of pyridine rings is 4. The molecule has 0 aliphatic heterocycles. The van der Waals surface area contributed by atoms with E-state index in [0.29, 0.717) is 55.8 Å². The number of aromatic carboxylic acids is 1. The van der Waals surface area contributed by atoms with Crippen LogP contribution in [0.15, 0.2) is 122 Å². The number of aromatic amines is 2. The number of halogens is 4. The Kier molecular flexibility index (Phi) is 22.8. The first-order chi connectivity index (χ1) is 37.5. The van der Waals surface area contributed by atoms with E-state index in [-0.39, 0.29) is 58.9 Å². The van der Waals surface area contributed by atoms with Crippen molar-refractivity contribution < 1.29 is 46.9 Å². The average molecular weight is 1080 g/mol. The summed E-state index contributed by atoms with van der Waals surface area (Å²) in [7, 11) is 1.00. The Hall–Kier alpha value is -9.13. The largest absolute Gasteiger partial charge is 0.478 e. The summed E-state index contributed by atoms with van der Waals surface area (Å²) in [5.74, 6) is -3.64. The number of nitrogens with two attached hydrogens (primary N) is 2. The third-order valence-electron chi connectivity index (χ3n) is 10.8. The Morgan fingerprint density at radius 2 is 1.15 bits per heavy atom. The Balaban J connectivity index is 0.000000224. The zero-order valence-electron chi connectivity index (χ0n) is 43.1. The van der Waals surface area contributed by atoms with Gasteiger partial charge >= 0.3 is 12.1 Å². The minimum absolute atomic E-state index is 0.00740. The molecule has 78 heavy (non-hydrogen) atoms. The van der Waals surface area contributed by atoms with Gasteiger partial charge in [0.2, 0.25) is 0 Å². The van der Waals surface area contributed by atoms with Crippen LogP contribution in [0.25, 0.3) is 22.5 Å². The Morgan fingerprint density at radius 3 is 1.63 bits per heavy atom. The lowest BCUT2D eigenvalue weighted by molar-refractivity contribution is 0.0521. The number of amides is 2. The van der Waals surface area contributed by atoms with Gasteiger partial charge in [-0.15, -0.1) is 0 Å². The van der Waals surface area contributed by atoms with E-state index in [1.807, 2.05) is 39.0 Å². The number of ether oxygens (including phenoxy) is 1. The molecule has 0 spiro atoms. The number of aliphatic hydroxyl groups excluding tert-OH is 1. The summed E-state index contributed by atoms with van der Waals surface area (Å²) in [6, 6.07) is 21.7. The molecule has 2 aromatic carbocycles. The molecule has 0 radical (unpaired) electrons. The van der Waals surface area contributed by atoms with Gasteiger partial charge in [0.25, 0.3) is 5.91 Å². The smallest absolute Gasteiger partial charge is 0.407 e. The lowest BCUT2D eigenvalue weighted by atomic mass is 10.1. The third-order valence-corrected chi connectivity index (χ3v) is 10.8. The van der Waals surface area contributed by atoms with Gasteiger partial charge in [0.05, 0.1) is 35.9 Å². The Morgan fingerprint density at radius 1 is 0.641 bits per heavy atom. The molecule has 8 rings (SSSR count). The highest BCUT2D eigenvalue weighted by Crippen LogP contribution is 2.27. The first-order valence-electron chi connectivity index (χ1n) is 24.1. The van der Waals surface area contributed by atoms with E-state index in [0.717, 1.165) is 47.2 Å². The molecule has 8 aromatic rings. The van der Waals surface area contributed by atoms with Crippen molar-refractivity contribution in [2.24, 2.45) is 11.5 Å². The molecule has 0 aliphatic rings. The predicted molar refractivity (Wildman–Crippen MR) is 284 cm³/mol. The maximum atomic E-state index is 14.9. The van der Waals surface area contributed by atoms with Crippen LogP contribution >= 0.6 is 0 Å². The summed E-state index contributed by atoms with van der Waals surface area (Å²) in [6.07, 6.45) is 9.59. The van der Waals surface area contributed by atoms with Crippen LogP contribution in [0.2, 0.25) is 0 Å². The number of carbonyl (C=O) groups excluding carboxylic acids is 2. The lowest BCUT2D eigenvalue weighted by Crippen LogP contribution is -2.32. The highest BCUT2D eigenvalue weighted by atomic mass is 19.1. The number of rotatable bonds is 18. The number of hydrogen-bond donors (Lipinski definition) is 10. The highest BCUT2D eigenvalue weighted by molar-refractivity contribution is 5.99. The third kappa shape index (κ3) is 18.3. The second-order valence-corrected chi connectivity index (χ2v) is 17.5. The number of H-pyrrole nitrogens is 2. The molecule has 0 saturated carbocycles. The molecule has 12 N–H and O–H groups in total. The van der Waals surface area contributed by atoms with E-state index in [2.05, 4.69) is 61.6 Å². The molecule has 0 atom stereocenters. The van der Waals surface area contributed by atoms with Crippen molar-refractivity contribution in [1.29, 1.82) is 0 Å². The number of aromatic nitrogens is 8. The zero-order chi connectivity index (χ0) is 56.6. The van der Waals surface area contributed by atoms with Gasteiger partial charge in [0.15, 0.2) is 11.6 Å². The number of carbonyl (C=O) groups is 3. The second-order valence-electron chi connectivity index (χ2n) is 17.5. The van der Waals surface area contributed by atoms with Crippen molar-refractivity contribution in [1.82, 2.24) is 51.0 Å². The van der Waals surface area contributed by atoms with Crippen LogP contribution in [0, 0.1) is 23.3 Å². The van der Waals surface area contributed by atoms with Gasteiger partial charge in [-0.05, 0) is 104 Å². The van der Waals surface area contributed by atoms with Crippen molar-refractivity contribution in [2.75, 3.05) is 30.8 Å². The summed E-state index contributed by atoms with van der Waals surface area (Å²) in [4.78, 5) is 52.6. The molecule has 6 aromatic heterocycles. The minimum Gasteiger partial charge on any atom is -0.478 e. The summed E-state index contributed by atoms with van der Waals surface area (Å²) >= 11 is 0. The monoisotopic (exact) mass is 1080 g/mol.